The highest BCUT2D eigenvalue weighted by Crippen LogP contribution is 2.43. The Morgan fingerprint density at radius 1 is 1.30 bits per heavy atom. The zero-order valence-corrected chi connectivity index (χ0v) is 17.2. The topological polar surface area (TPSA) is 85.4 Å². The Labute approximate surface area is 164 Å². The van der Waals surface area contributed by atoms with E-state index in [9.17, 15) is 9.90 Å². The number of carbonyl (C=O) groups excluding carboxylic acids is 1. The Morgan fingerprint density at radius 2 is 1.96 bits per heavy atom. The van der Waals surface area contributed by atoms with E-state index in [4.69, 9.17) is 10.5 Å². The monoisotopic (exact) mass is 388 g/mol. The van der Waals surface area contributed by atoms with Gasteiger partial charge in [-0.25, -0.2) is 4.98 Å². The minimum atomic E-state index is -0.975. The van der Waals surface area contributed by atoms with Crippen molar-refractivity contribution in [1.29, 1.82) is 0 Å². The number of rotatable bonds is 3. The molecule has 3 rings (SSSR count). The van der Waals surface area contributed by atoms with E-state index in [2.05, 4.69) is 11.1 Å². The molecular weight excluding hydrogens is 360 g/mol. The maximum Gasteiger partial charge on any atom is 0.309 e. The Kier molecular flexibility index (Phi) is 5.32. The van der Waals surface area contributed by atoms with Crippen LogP contribution in [0.5, 0.6) is 0 Å². The molecule has 0 saturated heterocycles. The number of nitrogens with zero attached hydrogens (tertiary/aromatic N) is 1. The van der Waals surface area contributed by atoms with E-state index in [1.54, 1.807) is 6.20 Å². The third-order valence-corrected chi connectivity index (χ3v) is 6.08. The van der Waals surface area contributed by atoms with Crippen LogP contribution in [0.15, 0.2) is 24.4 Å². The van der Waals surface area contributed by atoms with Crippen molar-refractivity contribution in [1.82, 2.24) is 4.98 Å². The van der Waals surface area contributed by atoms with Crippen molar-refractivity contribution in [2.45, 2.75) is 64.6 Å². The van der Waals surface area contributed by atoms with Gasteiger partial charge in [0.15, 0.2) is 0 Å². The second-order valence-corrected chi connectivity index (χ2v) is 9.53. The zero-order valence-electron chi connectivity index (χ0n) is 16.4. The number of nitrogen functional groups attached to an aromatic ring is 1. The number of anilines is 1. The zero-order chi connectivity index (χ0) is 19.8. The average molecular weight is 389 g/mol. The predicted octanol–water partition coefficient (Wildman–Crippen LogP) is 4.42. The molecule has 1 aromatic carbocycles. The quantitative estimate of drug-likeness (QED) is 0.600. The molecule has 146 valence electrons. The molecule has 0 unspecified atom stereocenters. The largest absolute Gasteiger partial charge is 0.460 e. The number of nitrogens with two attached hydrogens (primary N) is 1. The van der Waals surface area contributed by atoms with Gasteiger partial charge in [-0.05, 0) is 76.6 Å². The van der Waals surface area contributed by atoms with Gasteiger partial charge in [-0.3, -0.25) is 4.79 Å². The molecule has 0 spiro atoms. The number of aryl methyl sites for hydroxylation is 1. The predicted molar refractivity (Wildman–Crippen MR) is 108 cm³/mol. The number of hydrogen-bond donors (Lipinski definition) is 2. The Morgan fingerprint density at radius 3 is 2.56 bits per heavy atom. The Bertz CT molecular complexity index is 810. The first-order valence-corrected chi connectivity index (χ1v) is 10.2. The molecule has 1 aliphatic rings. The first kappa shape index (κ1) is 19.8. The SMILES string of the molecule is Cc1cc(N)cc(-c2cnc([C@]3(O)CC[C@@H](C(=O)OC(C)(C)C)CC3)s2)c1. The maximum atomic E-state index is 12.3. The van der Waals surface area contributed by atoms with Crippen LogP contribution in [0, 0.1) is 12.8 Å². The fourth-order valence-electron chi connectivity index (χ4n) is 3.51. The van der Waals surface area contributed by atoms with Crippen LogP contribution in [-0.2, 0) is 15.1 Å². The molecular formula is C21H28N2O3S. The number of benzene rings is 1. The molecule has 1 fully saturated rings. The van der Waals surface area contributed by atoms with E-state index in [1.807, 2.05) is 39.8 Å². The lowest BCUT2D eigenvalue weighted by Crippen LogP contribution is -2.36. The van der Waals surface area contributed by atoms with Crippen LogP contribution in [-0.4, -0.2) is 21.7 Å². The van der Waals surface area contributed by atoms with Gasteiger partial charge in [0.1, 0.15) is 16.2 Å². The molecule has 1 heterocycles. The molecule has 0 radical (unpaired) electrons. The van der Waals surface area contributed by atoms with Crippen molar-refractivity contribution < 1.29 is 14.6 Å². The lowest BCUT2D eigenvalue weighted by atomic mass is 9.79. The first-order valence-electron chi connectivity index (χ1n) is 9.35. The summed E-state index contributed by atoms with van der Waals surface area (Å²) in [4.78, 5) is 17.8. The van der Waals surface area contributed by atoms with Crippen LogP contribution in [0.2, 0.25) is 0 Å². The molecule has 1 aliphatic carbocycles. The molecule has 27 heavy (non-hydrogen) atoms. The minimum absolute atomic E-state index is 0.152. The number of aromatic nitrogens is 1. The minimum Gasteiger partial charge on any atom is -0.460 e. The summed E-state index contributed by atoms with van der Waals surface area (Å²) in [5.41, 5.74) is 7.32. The maximum absolute atomic E-state index is 12.3. The Hall–Kier alpha value is -1.92. The number of thiazole rings is 1. The highest BCUT2D eigenvalue weighted by Gasteiger charge is 2.40. The lowest BCUT2D eigenvalue weighted by Gasteiger charge is -2.34. The van der Waals surface area contributed by atoms with Crippen molar-refractivity contribution in [2.75, 3.05) is 5.73 Å². The number of ether oxygens (including phenoxy) is 1. The summed E-state index contributed by atoms with van der Waals surface area (Å²) in [5, 5.41) is 11.8. The van der Waals surface area contributed by atoms with Gasteiger partial charge in [-0.2, -0.15) is 0 Å². The van der Waals surface area contributed by atoms with Gasteiger partial charge in [0.25, 0.3) is 0 Å². The smallest absolute Gasteiger partial charge is 0.309 e. The molecule has 1 aromatic heterocycles. The van der Waals surface area contributed by atoms with Gasteiger partial charge >= 0.3 is 5.97 Å². The molecule has 6 heteroatoms. The van der Waals surface area contributed by atoms with Crippen LogP contribution in [0.25, 0.3) is 10.4 Å². The van der Waals surface area contributed by atoms with Crippen LogP contribution < -0.4 is 5.73 Å². The standard InChI is InChI=1S/C21H28N2O3S/c1-13-9-15(11-16(22)10-13)17-12-23-19(27-17)21(25)7-5-14(6-8-21)18(24)26-20(2,3)4/h9-12,14,25H,5-8,22H2,1-4H3/t14-,21+. The normalized spacial score (nSPS) is 23.2. The highest BCUT2D eigenvalue weighted by molar-refractivity contribution is 7.15. The van der Waals surface area contributed by atoms with Crippen LogP contribution in [0.4, 0.5) is 5.69 Å². The van der Waals surface area contributed by atoms with Gasteiger partial charge in [-0.1, -0.05) is 6.07 Å². The van der Waals surface area contributed by atoms with E-state index in [0.29, 0.717) is 30.7 Å². The first-order chi connectivity index (χ1) is 12.6. The third kappa shape index (κ3) is 4.68. The van der Waals surface area contributed by atoms with Crippen molar-refractivity contribution in [3.63, 3.8) is 0 Å². The Balaban J connectivity index is 1.71. The van der Waals surface area contributed by atoms with Gasteiger partial charge in [0.2, 0.25) is 0 Å². The second kappa shape index (κ2) is 7.24. The van der Waals surface area contributed by atoms with Gasteiger partial charge < -0.3 is 15.6 Å². The molecule has 0 amide bonds. The molecule has 0 atom stereocenters. The fourth-order valence-corrected chi connectivity index (χ4v) is 4.56. The molecule has 1 saturated carbocycles. The summed E-state index contributed by atoms with van der Waals surface area (Å²) < 4.78 is 5.49. The fraction of sp³-hybridized carbons (Fsp3) is 0.524. The van der Waals surface area contributed by atoms with E-state index < -0.39 is 11.2 Å². The summed E-state index contributed by atoms with van der Waals surface area (Å²) in [6.07, 6.45) is 4.04. The van der Waals surface area contributed by atoms with E-state index in [-0.39, 0.29) is 11.9 Å². The summed E-state index contributed by atoms with van der Waals surface area (Å²) >= 11 is 1.50. The van der Waals surface area contributed by atoms with Gasteiger partial charge in [0.05, 0.1) is 10.8 Å². The van der Waals surface area contributed by atoms with Crippen LogP contribution in [0.3, 0.4) is 0 Å². The van der Waals surface area contributed by atoms with E-state index in [0.717, 1.165) is 21.7 Å². The molecule has 3 N–H and O–H groups in total. The highest BCUT2D eigenvalue weighted by atomic mass is 32.1. The molecule has 5 nitrogen and oxygen atoms in total. The van der Waals surface area contributed by atoms with Gasteiger partial charge in [-0.15, -0.1) is 11.3 Å². The number of esters is 1. The third-order valence-electron chi connectivity index (χ3n) is 4.84. The van der Waals surface area contributed by atoms with E-state index in [1.165, 1.54) is 11.3 Å². The van der Waals surface area contributed by atoms with Crippen LogP contribution >= 0.6 is 11.3 Å². The van der Waals surface area contributed by atoms with Gasteiger partial charge in [0, 0.05) is 11.9 Å². The summed E-state index contributed by atoms with van der Waals surface area (Å²) in [6.45, 7) is 7.63. The molecule has 2 aromatic rings. The lowest BCUT2D eigenvalue weighted by molar-refractivity contribution is -0.163. The summed E-state index contributed by atoms with van der Waals surface area (Å²) in [6, 6.07) is 5.92. The molecule has 0 bridgehead atoms. The van der Waals surface area contributed by atoms with Crippen molar-refractivity contribution in [3.05, 3.63) is 35.0 Å². The second-order valence-electron chi connectivity index (χ2n) is 8.50. The number of carbonyl (C=O) groups is 1. The van der Waals surface area contributed by atoms with Crippen molar-refractivity contribution in [3.8, 4) is 10.4 Å². The summed E-state index contributed by atoms with van der Waals surface area (Å²) in [7, 11) is 0. The van der Waals surface area contributed by atoms with Crippen LogP contribution in [0.1, 0.15) is 57.0 Å². The average Bonchev–Trinajstić information content (AvgIpc) is 3.03. The molecule has 0 aliphatic heterocycles. The van der Waals surface area contributed by atoms with Crippen molar-refractivity contribution in [2.24, 2.45) is 5.92 Å². The van der Waals surface area contributed by atoms with E-state index >= 15 is 0 Å². The number of aliphatic hydroxyl groups is 1. The number of hydrogen-bond acceptors (Lipinski definition) is 6. The summed E-state index contributed by atoms with van der Waals surface area (Å²) in [5.74, 6) is -0.319. The van der Waals surface area contributed by atoms with Crippen molar-refractivity contribution >= 4 is 23.0 Å².